The zero-order chi connectivity index (χ0) is 23.8. The highest BCUT2D eigenvalue weighted by Crippen LogP contribution is 2.39. The molecule has 0 N–H and O–H groups in total. The molecule has 5 heteroatoms. The molecule has 2 aromatic rings. The highest BCUT2D eigenvalue weighted by atomic mass is 28.4. The number of hydrogen-bond donors (Lipinski definition) is 0. The molecule has 1 heterocycles. The highest BCUT2D eigenvalue weighted by molar-refractivity contribution is 6.74. The van der Waals surface area contributed by atoms with E-state index in [0.29, 0.717) is 23.9 Å². The van der Waals surface area contributed by atoms with Crippen molar-refractivity contribution in [3.8, 4) is 5.75 Å². The van der Waals surface area contributed by atoms with Gasteiger partial charge in [0.25, 0.3) is 8.32 Å². The molecule has 0 aliphatic rings. The number of rotatable bonds is 12. The van der Waals surface area contributed by atoms with Gasteiger partial charge in [-0.05, 0) is 43.0 Å². The van der Waals surface area contributed by atoms with Gasteiger partial charge in [0.15, 0.2) is 11.5 Å². The molecule has 0 bridgehead atoms. The molecule has 0 spiro atoms. The van der Waals surface area contributed by atoms with Crippen molar-refractivity contribution in [2.75, 3.05) is 0 Å². The second-order valence-corrected chi connectivity index (χ2v) is 14.4. The predicted molar refractivity (Wildman–Crippen MR) is 135 cm³/mol. The first-order valence-electron chi connectivity index (χ1n) is 11.3. The second-order valence-electron chi connectivity index (χ2n) is 9.67. The van der Waals surface area contributed by atoms with Crippen molar-refractivity contribution >= 4 is 8.32 Å². The van der Waals surface area contributed by atoms with Crippen molar-refractivity contribution in [2.24, 2.45) is 0 Å². The van der Waals surface area contributed by atoms with Crippen molar-refractivity contribution in [3.63, 3.8) is 0 Å². The highest BCUT2D eigenvalue weighted by Gasteiger charge is 2.40. The molecule has 4 nitrogen and oxygen atoms in total. The van der Waals surface area contributed by atoms with Gasteiger partial charge in [-0.2, -0.15) is 0 Å². The van der Waals surface area contributed by atoms with Crippen LogP contribution in [0.1, 0.15) is 63.0 Å². The number of benzene rings is 1. The summed E-state index contributed by atoms with van der Waals surface area (Å²) in [7, 11) is -2.23. The zero-order valence-corrected chi connectivity index (χ0v) is 21.3. The molecular weight excluding hydrogens is 416 g/mol. The van der Waals surface area contributed by atoms with Crippen LogP contribution in [0.15, 0.2) is 70.9 Å². The SMILES string of the molecule is C=CCCCC(C=C)c1oc(COCc2ccccc2)cc(=O)c1O[Si](C)(C)C(C)(C)C. The summed E-state index contributed by atoms with van der Waals surface area (Å²) >= 11 is 0. The first kappa shape index (κ1) is 25.9. The molecule has 0 fully saturated rings. The van der Waals surface area contributed by atoms with Gasteiger partial charge in [-0.25, -0.2) is 0 Å². The fourth-order valence-electron chi connectivity index (χ4n) is 3.06. The van der Waals surface area contributed by atoms with Crippen LogP contribution in [0, 0.1) is 0 Å². The molecule has 1 aromatic heterocycles. The zero-order valence-electron chi connectivity index (χ0n) is 20.3. The molecule has 2 rings (SSSR count). The monoisotopic (exact) mass is 454 g/mol. The van der Waals surface area contributed by atoms with Gasteiger partial charge in [-0.15, -0.1) is 13.2 Å². The van der Waals surface area contributed by atoms with Crippen molar-refractivity contribution in [1.82, 2.24) is 0 Å². The Hall–Kier alpha value is -2.37. The summed E-state index contributed by atoms with van der Waals surface area (Å²) in [6.45, 7) is 19.2. The van der Waals surface area contributed by atoms with E-state index in [1.165, 1.54) is 6.07 Å². The summed E-state index contributed by atoms with van der Waals surface area (Å²) in [4.78, 5) is 13.2. The van der Waals surface area contributed by atoms with Gasteiger partial charge in [-0.1, -0.05) is 63.3 Å². The van der Waals surface area contributed by atoms with Crippen LogP contribution in [0.3, 0.4) is 0 Å². The summed E-state index contributed by atoms with van der Waals surface area (Å²) in [5.41, 5.74) is 0.909. The van der Waals surface area contributed by atoms with Crippen molar-refractivity contribution < 1.29 is 13.6 Å². The van der Waals surface area contributed by atoms with E-state index < -0.39 is 8.32 Å². The van der Waals surface area contributed by atoms with Gasteiger partial charge in [0.1, 0.15) is 12.4 Å². The third-order valence-electron chi connectivity index (χ3n) is 6.04. The molecule has 0 saturated carbocycles. The minimum Gasteiger partial charge on any atom is -0.539 e. The summed E-state index contributed by atoms with van der Waals surface area (Å²) in [6, 6.07) is 11.4. The molecule has 0 aliphatic carbocycles. The van der Waals surface area contributed by atoms with Gasteiger partial charge >= 0.3 is 0 Å². The van der Waals surface area contributed by atoms with Crippen LogP contribution in [-0.2, 0) is 18.0 Å². The molecule has 0 radical (unpaired) electrons. The van der Waals surface area contributed by atoms with E-state index >= 15 is 0 Å². The molecule has 1 atom stereocenters. The Kier molecular flexibility index (Phi) is 9.29. The van der Waals surface area contributed by atoms with E-state index in [1.807, 2.05) is 42.5 Å². The largest absolute Gasteiger partial charge is 0.539 e. The van der Waals surface area contributed by atoms with Crippen LogP contribution in [0.5, 0.6) is 5.75 Å². The number of unbranched alkanes of at least 4 members (excludes halogenated alkanes) is 1. The lowest BCUT2D eigenvalue weighted by molar-refractivity contribution is 0.0899. The molecule has 174 valence electrons. The lowest BCUT2D eigenvalue weighted by Gasteiger charge is -2.36. The van der Waals surface area contributed by atoms with E-state index in [4.69, 9.17) is 13.6 Å². The maximum atomic E-state index is 13.2. The van der Waals surface area contributed by atoms with E-state index in [-0.39, 0.29) is 23.0 Å². The van der Waals surface area contributed by atoms with Crippen molar-refractivity contribution in [1.29, 1.82) is 0 Å². The van der Waals surface area contributed by atoms with Crippen molar-refractivity contribution in [3.05, 3.63) is 89.0 Å². The summed E-state index contributed by atoms with van der Waals surface area (Å²) in [6.07, 6.45) is 6.37. The van der Waals surface area contributed by atoms with Gasteiger partial charge in [0.05, 0.1) is 6.61 Å². The van der Waals surface area contributed by atoms with Gasteiger partial charge in [-0.3, -0.25) is 4.79 Å². The Morgan fingerprint density at radius 3 is 2.41 bits per heavy atom. The first-order chi connectivity index (χ1) is 15.1. The average Bonchev–Trinajstić information content (AvgIpc) is 2.73. The molecule has 0 aliphatic heterocycles. The molecule has 1 aromatic carbocycles. The van der Waals surface area contributed by atoms with Crippen LogP contribution in [-0.4, -0.2) is 8.32 Å². The summed E-state index contributed by atoms with van der Waals surface area (Å²) in [5.74, 6) is 1.27. The average molecular weight is 455 g/mol. The van der Waals surface area contributed by atoms with Crippen LogP contribution in [0.4, 0.5) is 0 Å². The van der Waals surface area contributed by atoms with Crippen LogP contribution in [0.25, 0.3) is 0 Å². The van der Waals surface area contributed by atoms with E-state index in [1.54, 1.807) is 0 Å². The Bertz CT molecular complexity index is 938. The normalized spacial score (nSPS) is 12.9. The minimum absolute atomic E-state index is 0.0410. The predicted octanol–water partition coefficient (Wildman–Crippen LogP) is 7.37. The maximum absolute atomic E-state index is 13.2. The maximum Gasteiger partial charge on any atom is 0.250 e. The minimum atomic E-state index is -2.23. The lowest BCUT2D eigenvalue weighted by Crippen LogP contribution is -2.45. The summed E-state index contributed by atoms with van der Waals surface area (Å²) < 4.78 is 18.5. The van der Waals surface area contributed by atoms with Gasteiger partial charge in [0, 0.05) is 12.0 Å². The van der Waals surface area contributed by atoms with Crippen LogP contribution in [0.2, 0.25) is 18.1 Å². The standard InChI is InChI=1S/C27H38O4Si/c1-8-10-12-17-22(9-2)25-26(31-32(6,7)27(3,4)5)24(28)18-23(30-25)20-29-19-21-15-13-11-14-16-21/h8-9,11,13-16,18,22H,1-2,10,12,17,19-20H2,3-7H3. The second kappa shape index (κ2) is 11.5. The Labute approximate surface area is 194 Å². The van der Waals surface area contributed by atoms with Crippen LogP contribution >= 0.6 is 0 Å². The molecule has 1 unspecified atom stereocenters. The fourth-order valence-corrected chi connectivity index (χ4v) is 4.07. The summed E-state index contributed by atoms with van der Waals surface area (Å²) in [5, 5.41) is -0.0410. The van der Waals surface area contributed by atoms with E-state index in [0.717, 1.165) is 24.8 Å². The Morgan fingerprint density at radius 1 is 1.12 bits per heavy atom. The van der Waals surface area contributed by atoms with Crippen LogP contribution < -0.4 is 9.85 Å². The Balaban J connectivity index is 2.35. The smallest absolute Gasteiger partial charge is 0.250 e. The molecule has 32 heavy (non-hydrogen) atoms. The number of ether oxygens (including phenoxy) is 1. The third-order valence-corrected chi connectivity index (χ3v) is 10.4. The number of allylic oxidation sites excluding steroid dienone is 2. The van der Waals surface area contributed by atoms with E-state index in [9.17, 15) is 4.79 Å². The molecule has 0 amide bonds. The first-order valence-corrected chi connectivity index (χ1v) is 14.2. The lowest BCUT2D eigenvalue weighted by atomic mass is 9.98. The van der Waals surface area contributed by atoms with Crippen molar-refractivity contribution in [2.45, 2.75) is 77.3 Å². The third kappa shape index (κ3) is 7.07. The fraction of sp³-hybridized carbons (Fsp3) is 0.444. The van der Waals surface area contributed by atoms with E-state index in [2.05, 4.69) is 47.0 Å². The molecule has 0 saturated heterocycles. The van der Waals surface area contributed by atoms with Gasteiger partial charge < -0.3 is 13.6 Å². The molecular formula is C27H38O4Si. The topological polar surface area (TPSA) is 48.7 Å². The Morgan fingerprint density at radius 2 is 1.81 bits per heavy atom. The number of hydrogen-bond acceptors (Lipinski definition) is 4. The van der Waals surface area contributed by atoms with Gasteiger partial charge in [0.2, 0.25) is 5.43 Å². The quantitative estimate of drug-likeness (QED) is 0.191.